The van der Waals surface area contributed by atoms with Crippen LogP contribution in [-0.4, -0.2) is 22.7 Å². The van der Waals surface area contributed by atoms with Crippen LogP contribution in [0.25, 0.3) is 11.1 Å². The number of pyridine rings is 1. The van der Waals surface area contributed by atoms with E-state index in [9.17, 15) is 9.59 Å². The summed E-state index contributed by atoms with van der Waals surface area (Å²) in [6, 6.07) is 6.93. The first-order valence-electron chi connectivity index (χ1n) is 5.81. The summed E-state index contributed by atoms with van der Waals surface area (Å²) in [5, 5.41) is 8.91. The maximum Gasteiger partial charge on any atom is 0.341 e. The molecule has 2 aromatic rings. The third kappa shape index (κ3) is 2.65. The number of aromatic carboxylic acids is 1. The molecule has 0 fully saturated rings. The van der Waals surface area contributed by atoms with Gasteiger partial charge in [-0.3, -0.25) is 4.79 Å². The van der Waals surface area contributed by atoms with E-state index >= 15 is 0 Å². The molecule has 0 bridgehead atoms. The van der Waals surface area contributed by atoms with Gasteiger partial charge in [0.1, 0.15) is 11.3 Å². The van der Waals surface area contributed by atoms with Crippen LogP contribution in [0.3, 0.4) is 0 Å². The lowest BCUT2D eigenvalue weighted by Crippen LogP contribution is -2.16. The lowest BCUT2D eigenvalue weighted by Gasteiger charge is -2.05. The number of benzene rings is 1. The molecule has 0 spiro atoms. The highest BCUT2D eigenvalue weighted by Gasteiger charge is 2.12. The predicted molar refractivity (Wildman–Crippen MR) is 70.6 cm³/mol. The lowest BCUT2D eigenvalue weighted by atomic mass is 10.1. The van der Waals surface area contributed by atoms with Crippen LogP contribution in [0, 0.1) is 0 Å². The minimum Gasteiger partial charge on any atom is -0.494 e. The Morgan fingerprint density at radius 1 is 1.26 bits per heavy atom. The monoisotopic (exact) mass is 259 g/mol. The molecule has 0 amide bonds. The molecule has 0 aliphatic carbocycles. The summed E-state index contributed by atoms with van der Waals surface area (Å²) in [4.78, 5) is 25.6. The average molecular weight is 259 g/mol. The summed E-state index contributed by atoms with van der Waals surface area (Å²) in [5.74, 6) is -0.536. The third-order valence-electron chi connectivity index (χ3n) is 2.65. The lowest BCUT2D eigenvalue weighted by molar-refractivity contribution is 0.0695. The molecule has 98 valence electrons. The van der Waals surface area contributed by atoms with Gasteiger partial charge < -0.3 is 14.8 Å². The number of aromatic amines is 1. The van der Waals surface area contributed by atoms with Gasteiger partial charge in [-0.1, -0.05) is 12.1 Å². The highest BCUT2D eigenvalue weighted by molar-refractivity contribution is 5.88. The summed E-state index contributed by atoms with van der Waals surface area (Å²) in [6.07, 6.45) is 2.67. The largest absolute Gasteiger partial charge is 0.494 e. The van der Waals surface area contributed by atoms with E-state index in [0.717, 1.165) is 0 Å². The van der Waals surface area contributed by atoms with Gasteiger partial charge in [0.25, 0.3) is 0 Å². The van der Waals surface area contributed by atoms with Crippen LogP contribution in [0.1, 0.15) is 17.3 Å². The molecule has 1 aromatic carbocycles. The maximum absolute atomic E-state index is 12.0. The molecule has 2 rings (SSSR count). The molecule has 19 heavy (non-hydrogen) atoms. The van der Waals surface area contributed by atoms with E-state index in [0.29, 0.717) is 23.5 Å². The van der Waals surface area contributed by atoms with Crippen molar-refractivity contribution < 1.29 is 14.6 Å². The number of H-pyrrole nitrogens is 1. The summed E-state index contributed by atoms with van der Waals surface area (Å²) < 4.78 is 5.31. The van der Waals surface area contributed by atoms with Crippen LogP contribution >= 0.6 is 0 Å². The van der Waals surface area contributed by atoms with Crippen molar-refractivity contribution in [2.24, 2.45) is 0 Å². The van der Waals surface area contributed by atoms with Crippen molar-refractivity contribution in [3.8, 4) is 16.9 Å². The van der Waals surface area contributed by atoms with E-state index in [1.807, 2.05) is 6.92 Å². The Hall–Kier alpha value is -2.56. The first kappa shape index (κ1) is 12.9. The van der Waals surface area contributed by atoms with Gasteiger partial charge >= 0.3 is 5.97 Å². The average Bonchev–Trinajstić information content (AvgIpc) is 2.40. The molecule has 0 aliphatic heterocycles. The molecule has 2 N–H and O–H groups in total. The Bertz CT molecular complexity index is 643. The molecule has 0 saturated carbocycles. The minimum absolute atomic E-state index is 0.272. The van der Waals surface area contributed by atoms with Crippen molar-refractivity contribution in [1.29, 1.82) is 0 Å². The molecule has 5 heteroatoms. The van der Waals surface area contributed by atoms with E-state index in [-0.39, 0.29) is 5.56 Å². The number of carboxylic acid groups (broad SMARTS) is 1. The number of hydrogen-bond acceptors (Lipinski definition) is 3. The van der Waals surface area contributed by atoms with Crippen LogP contribution in [0.2, 0.25) is 0 Å². The summed E-state index contributed by atoms with van der Waals surface area (Å²) in [7, 11) is 0. The second-order valence-corrected chi connectivity index (χ2v) is 3.87. The van der Waals surface area contributed by atoms with Gasteiger partial charge in [-0.2, -0.15) is 0 Å². The topological polar surface area (TPSA) is 79.4 Å². The Morgan fingerprint density at radius 3 is 2.53 bits per heavy atom. The Morgan fingerprint density at radius 2 is 1.95 bits per heavy atom. The van der Waals surface area contributed by atoms with Crippen LogP contribution in [0.5, 0.6) is 5.75 Å². The number of rotatable bonds is 4. The van der Waals surface area contributed by atoms with Gasteiger partial charge in [-0.25, -0.2) is 4.79 Å². The molecular formula is C14H13NO4. The molecule has 0 atom stereocenters. The zero-order valence-corrected chi connectivity index (χ0v) is 10.3. The number of aromatic nitrogens is 1. The molecular weight excluding hydrogens is 246 g/mol. The molecule has 0 unspecified atom stereocenters. The Balaban J connectivity index is 2.45. The van der Waals surface area contributed by atoms with Crippen LogP contribution < -0.4 is 10.2 Å². The van der Waals surface area contributed by atoms with Crippen molar-refractivity contribution in [2.75, 3.05) is 6.61 Å². The predicted octanol–water partition coefficient (Wildman–Crippen LogP) is 2.14. The SMILES string of the molecule is CCOc1ccc(-c2c[nH]cc(C(=O)O)c2=O)cc1. The normalized spacial score (nSPS) is 10.2. The molecule has 0 aliphatic rings. The van der Waals surface area contributed by atoms with E-state index in [1.165, 1.54) is 12.4 Å². The minimum atomic E-state index is -1.24. The highest BCUT2D eigenvalue weighted by atomic mass is 16.5. The maximum atomic E-state index is 12.0. The number of carbonyl (C=O) groups is 1. The van der Waals surface area contributed by atoms with Crippen LogP contribution in [0.15, 0.2) is 41.5 Å². The quantitative estimate of drug-likeness (QED) is 0.881. The summed E-state index contributed by atoms with van der Waals surface area (Å²) >= 11 is 0. The fourth-order valence-electron chi connectivity index (χ4n) is 1.76. The fourth-order valence-corrected chi connectivity index (χ4v) is 1.76. The summed E-state index contributed by atoms with van der Waals surface area (Å²) in [5.41, 5.74) is 0.192. The van der Waals surface area contributed by atoms with Gasteiger partial charge in [-0.05, 0) is 24.6 Å². The van der Waals surface area contributed by atoms with Crippen molar-refractivity contribution in [3.05, 3.63) is 52.4 Å². The van der Waals surface area contributed by atoms with Gasteiger partial charge in [-0.15, -0.1) is 0 Å². The fraction of sp³-hybridized carbons (Fsp3) is 0.143. The molecule has 1 heterocycles. The van der Waals surface area contributed by atoms with Gasteiger partial charge in [0.15, 0.2) is 0 Å². The van der Waals surface area contributed by atoms with E-state index in [4.69, 9.17) is 9.84 Å². The van der Waals surface area contributed by atoms with Crippen molar-refractivity contribution in [1.82, 2.24) is 4.98 Å². The smallest absolute Gasteiger partial charge is 0.341 e. The highest BCUT2D eigenvalue weighted by Crippen LogP contribution is 2.19. The standard InChI is InChI=1S/C14H13NO4/c1-2-19-10-5-3-9(4-6-10)11-7-15-8-12(13(11)16)14(17)18/h3-8H,2H2,1H3,(H,15,16)(H,17,18). The zero-order chi connectivity index (χ0) is 13.8. The Labute approximate surface area is 109 Å². The first-order valence-corrected chi connectivity index (χ1v) is 5.81. The second-order valence-electron chi connectivity index (χ2n) is 3.87. The second kappa shape index (κ2) is 5.39. The zero-order valence-electron chi connectivity index (χ0n) is 10.3. The van der Waals surface area contributed by atoms with Crippen LogP contribution in [-0.2, 0) is 0 Å². The molecule has 5 nitrogen and oxygen atoms in total. The van der Waals surface area contributed by atoms with Crippen molar-refractivity contribution in [2.45, 2.75) is 6.92 Å². The third-order valence-corrected chi connectivity index (χ3v) is 2.65. The number of nitrogens with one attached hydrogen (secondary N) is 1. The van der Waals surface area contributed by atoms with Gasteiger partial charge in [0.05, 0.1) is 6.61 Å². The molecule has 0 radical (unpaired) electrons. The van der Waals surface area contributed by atoms with E-state index in [2.05, 4.69) is 4.98 Å². The summed E-state index contributed by atoms with van der Waals surface area (Å²) in [6.45, 7) is 2.45. The van der Waals surface area contributed by atoms with Crippen molar-refractivity contribution in [3.63, 3.8) is 0 Å². The first-order chi connectivity index (χ1) is 9.13. The van der Waals surface area contributed by atoms with Crippen LogP contribution in [0.4, 0.5) is 0 Å². The van der Waals surface area contributed by atoms with Crippen molar-refractivity contribution >= 4 is 5.97 Å². The molecule has 0 saturated heterocycles. The van der Waals surface area contributed by atoms with E-state index in [1.54, 1.807) is 24.3 Å². The molecule has 1 aromatic heterocycles. The van der Waals surface area contributed by atoms with Gasteiger partial charge in [0, 0.05) is 18.0 Å². The number of carboxylic acids is 1. The Kier molecular flexibility index (Phi) is 3.66. The number of ether oxygens (including phenoxy) is 1. The number of hydrogen-bond donors (Lipinski definition) is 2. The van der Waals surface area contributed by atoms with Gasteiger partial charge in [0.2, 0.25) is 5.43 Å². The van der Waals surface area contributed by atoms with E-state index < -0.39 is 11.4 Å².